The van der Waals surface area contributed by atoms with Crippen LogP contribution in [0.4, 0.5) is 4.79 Å². The average Bonchev–Trinajstić information content (AvgIpc) is 2.72. The number of aliphatic hydroxyl groups excluding tert-OH is 1. The molecule has 0 heterocycles. The zero-order valence-corrected chi connectivity index (χ0v) is 16.0. The van der Waals surface area contributed by atoms with Gasteiger partial charge in [0.05, 0.1) is 6.61 Å². The van der Waals surface area contributed by atoms with E-state index < -0.39 is 0 Å². The predicted octanol–water partition coefficient (Wildman–Crippen LogP) is 4.88. The van der Waals surface area contributed by atoms with Gasteiger partial charge in [-0.1, -0.05) is 73.5 Å². The summed E-state index contributed by atoms with van der Waals surface area (Å²) in [6.07, 6.45) is 5.16. The van der Waals surface area contributed by atoms with Gasteiger partial charge in [-0.2, -0.15) is 0 Å². The van der Waals surface area contributed by atoms with Gasteiger partial charge in [0.1, 0.15) is 0 Å². The highest BCUT2D eigenvalue weighted by Gasteiger charge is 2.13. The van der Waals surface area contributed by atoms with E-state index in [-0.39, 0.29) is 12.7 Å². The van der Waals surface area contributed by atoms with Crippen molar-refractivity contribution in [1.82, 2.24) is 5.32 Å². The molecule has 0 radical (unpaired) electrons. The highest BCUT2D eigenvalue weighted by Crippen LogP contribution is 2.28. The normalized spacial score (nSPS) is 10.7. The van der Waals surface area contributed by atoms with Gasteiger partial charge in [0.2, 0.25) is 0 Å². The molecule has 0 spiro atoms. The molecule has 2 aromatic carbocycles. The smallest absolute Gasteiger partial charge is 0.407 e. The Labute approximate surface area is 162 Å². The standard InChI is InChI=1S/C23H31NO3/c25-18-10-2-1-9-17-24-23(26)27-19-11-16-22(20-12-5-3-6-13-20)21-14-7-4-8-15-21/h3-8,12-15,22,25H,1-2,9-11,16-19H2,(H,24,26). The molecule has 1 amide bonds. The van der Waals surface area contributed by atoms with Crippen molar-refractivity contribution in [2.75, 3.05) is 19.8 Å². The lowest BCUT2D eigenvalue weighted by Gasteiger charge is -2.18. The SMILES string of the molecule is O=C(NCCCCCCO)OCCCC(c1ccccc1)c1ccccc1. The minimum Gasteiger partial charge on any atom is -0.450 e. The van der Waals surface area contributed by atoms with Crippen molar-refractivity contribution in [2.24, 2.45) is 0 Å². The molecular formula is C23H31NO3. The molecule has 0 bridgehead atoms. The van der Waals surface area contributed by atoms with Gasteiger partial charge < -0.3 is 15.2 Å². The summed E-state index contributed by atoms with van der Waals surface area (Å²) in [5.41, 5.74) is 2.58. The Kier molecular flexibility index (Phi) is 10.0. The molecule has 2 N–H and O–H groups in total. The van der Waals surface area contributed by atoms with Crippen LogP contribution in [-0.4, -0.2) is 31.0 Å². The number of nitrogens with one attached hydrogen (secondary N) is 1. The minimum atomic E-state index is -0.340. The van der Waals surface area contributed by atoms with Crippen molar-refractivity contribution in [3.8, 4) is 0 Å². The van der Waals surface area contributed by atoms with E-state index in [1.807, 2.05) is 12.1 Å². The van der Waals surface area contributed by atoms with Crippen LogP contribution in [0.25, 0.3) is 0 Å². The van der Waals surface area contributed by atoms with Crippen molar-refractivity contribution in [3.05, 3.63) is 71.8 Å². The van der Waals surface area contributed by atoms with E-state index in [0.29, 0.717) is 19.1 Å². The van der Waals surface area contributed by atoms with E-state index >= 15 is 0 Å². The zero-order chi connectivity index (χ0) is 19.2. The van der Waals surface area contributed by atoms with E-state index in [4.69, 9.17) is 9.84 Å². The van der Waals surface area contributed by atoms with Crippen LogP contribution in [0.15, 0.2) is 60.7 Å². The summed E-state index contributed by atoms with van der Waals surface area (Å²) >= 11 is 0. The van der Waals surface area contributed by atoms with Crippen molar-refractivity contribution >= 4 is 6.09 Å². The number of alkyl carbamates (subject to hydrolysis) is 1. The van der Waals surface area contributed by atoms with E-state index in [1.165, 1.54) is 11.1 Å². The van der Waals surface area contributed by atoms with Crippen LogP contribution >= 0.6 is 0 Å². The van der Waals surface area contributed by atoms with E-state index in [0.717, 1.165) is 38.5 Å². The Balaban J connectivity index is 1.71. The van der Waals surface area contributed by atoms with E-state index in [9.17, 15) is 4.79 Å². The van der Waals surface area contributed by atoms with Crippen molar-refractivity contribution in [3.63, 3.8) is 0 Å². The lowest BCUT2D eigenvalue weighted by Crippen LogP contribution is -2.25. The molecule has 4 nitrogen and oxygen atoms in total. The molecular weight excluding hydrogens is 338 g/mol. The number of amides is 1. The summed E-state index contributed by atoms with van der Waals surface area (Å²) in [6, 6.07) is 20.9. The van der Waals surface area contributed by atoms with Gasteiger partial charge in [0.15, 0.2) is 0 Å². The first-order valence-corrected chi connectivity index (χ1v) is 9.92. The Bertz CT molecular complexity index is 591. The second kappa shape index (κ2) is 12.9. The van der Waals surface area contributed by atoms with Gasteiger partial charge in [-0.25, -0.2) is 4.79 Å². The van der Waals surface area contributed by atoms with Crippen molar-refractivity contribution in [1.29, 1.82) is 0 Å². The zero-order valence-electron chi connectivity index (χ0n) is 16.0. The predicted molar refractivity (Wildman–Crippen MR) is 109 cm³/mol. The molecule has 0 aliphatic rings. The fourth-order valence-electron chi connectivity index (χ4n) is 3.18. The summed E-state index contributed by atoms with van der Waals surface area (Å²) < 4.78 is 5.30. The lowest BCUT2D eigenvalue weighted by atomic mass is 9.88. The minimum absolute atomic E-state index is 0.239. The Morgan fingerprint density at radius 1 is 0.852 bits per heavy atom. The fraction of sp³-hybridized carbons (Fsp3) is 0.435. The second-order valence-corrected chi connectivity index (χ2v) is 6.72. The van der Waals surface area contributed by atoms with Crippen LogP contribution in [0.5, 0.6) is 0 Å². The van der Waals surface area contributed by atoms with Crippen LogP contribution in [0.2, 0.25) is 0 Å². The first-order valence-electron chi connectivity index (χ1n) is 9.92. The average molecular weight is 370 g/mol. The molecule has 27 heavy (non-hydrogen) atoms. The van der Waals surface area contributed by atoms with Crippen LogP contribution in [0.1, 0.15) is 55.6 Å². The molecule has 0 atom stereocenters. The van der Waals surface area contributed by atoms with Crippen LogP contribution < -0.4 is 5.32 Å². The number of benzene rings is 2. The van der Waals surface area contributed by atoms with Gasteiger partial charge in [0.25, 0.3) is 0 Å². The van der Waals surface area contributed by atoms with Gasteiger partial charge in [0, 0.05) is 19.1 Å². The topological polar surface area (TPSA) is 58.6 Å². The molecule has 2 aromatic rings. The Hall–Kier alpha value is -2.33. The molecule has 0 fully saturated rings. The maximum Gasteiger partial charge on any atom is 0.407 e. The molecule has 0 aliphatic heterocycles. The highest BCUT2D eigenvalue weighted by molar-refractivity contribution is 5.66. The first kappa shape index (κ1) is 21.0. The summed E-state index contributed by atoms with van der Waals surface area (Å²) in [5, 5.41) is 11.5. The third-order valence-electron chi connectivity index (χ3n) is 4.63. The third-order valence-corrected chi connectivity index (χ3v) is 4.63. The van der Waals surface area contributed by atoms with Gasteiger partial charge in [-0.15, -0.1) is 0 Å². The lowest BCUT2D eigenvalue weighted by molar-refractivity contribution is 0.143. The van der Waals surface area contributed by atoms with Crippen molar-refractivity contribution < 1.29 is 14.6 Å². The molecule has 0 aliphatic carbocycles. The van der Waals surface area contributed by atoms with Gasteiger partial charge >= 0.3 is 6.09 Å². The number of ether oxygens (including phenoxy) is 1. The number of aliphatic hydroxyl groups is 1. The van der Waals surface area contributed by atoms with E-state index in [2.05, 4.69) is 53.8 Å². The summed E-state index contributed by atoms with van der Waals surface area (Å²) in [6.45, 7) is 1.29. The maximum absolute atomic E-state index is 11.7. The van der Waals surface area contributed by atoms with Crippen LogP contribution in [0.3, 0.4) is 0 Å². The van der Waals surface area contributed by atoms with E-state index in [1.54, 1.807) is 0 Å². The molecule has 4 heteroatoms. The quantitative estimate of drug-likeness (QED) is 0.524. The van der Waals surface area contributed by atoms with Crippen LogP contribution in [-0.2, 0) is 4.74 Å². The number of carbonyl (C=O) groups is 1. The number of carbonyl (C=O) groups excluding carboxylic acids is 1. The second-order valence-electron chi connectivity index (χ2n) is 6.72. The number of rotatable bonds is 12. The molecule has 0 unspecified atom stereocenters. The van der Waals surface area contributed by atoms with Crippen LogP contribution in [0, 0.1) is 0 Å². The molecule has 0 saturated heterocycles. The fourth-order valence-corrected chi connectivity index (χ4v) is 3.18. The summed E-state index contributed by atoms with van der Waals surface area (Å²) in [4.78, 5) is 11.7. The highest BCUT2D eigenvalue weighted by atomic mass is 16.5. The maximum atomic E-state index is 11.7. The first-order chi connectivity index (χ1) is 13.3. The number of hydrogen-bond acceptors (Lipinski definition) is 3. The largest absolute Gasteiger partial charge is 0.450 e. The van der Waals surface area contributed by atoms with Gasteiger partial charge in [-0.05, 0) is 36.8 Å². The number of unbranched alkanes of at least 4 members (excludes halogenated alkanes) is 3. The van der Waals surface area contributed by atoms with Gasteiger partial charge in [-0.3, -0.25) is 0 Å². The molecule has 146 valence electrons. The Morgan fingerprint density at radius 3 is 2.04 bits per heavy atom. The summed E-state index contributed by atoms with van der Waals surface area (Å²) in [5.74, 6) is 0.311. The number of hydrogen-bond donors (Lipinski definition) is 2. The summed E-state index contributed by atoms with van der Waals surface area (Å²) in [7, 11) is 0. The molecule has 2 rings (SSSR count). The third kappa shape index (κ3) is 8.27. The monoisotopic (exact) mass is 369 g/mol. The van der Waals surface area contributed by atoms with Crippen molar-refractivity contribution in [2.45, 2.75) is 44.4 Å². The molecule has 0 saturated carbocycles. The molecule has 0 aromatic heterocycles. The Morgan fingerprint density at radius 2 is 1.44 bits per heavy atom.